The maximum atomic E-state index is 12.2. The van der Waals surface area contributed by atoms with Crippen molar-refractivity contribution < 1.29 is 14.6 Å². The number of allylic oxidation sites excluding steroid dienone is 2. The van der Waals surface area contributed by atoms with Gasteiger partial charge >= 0.3 is 0 Å². The Morgan fingerprint density at radius 2 is 2.09 bits per heavy atom. The number of hydrogen-bond donors (Lipinski definition) is 2. The van der Waals surface area contributed by atoms with Crippen molar-refractivity contribution in [2.24, 2.45) is 5.92 Å². The van der Waals surface area contributed by atoms with Gasteiger partial charge in [-0.05, 0) is 55.7 Å². The summed E-state index contributed by atoms with van der Waals surface area (Å²) in [7, 11) is 1.50. The summed E-state index contributed by atoms with van der Waals surface area (Å²) in [6.07, 6.45) is 10.3. The SMILES string of the molecule is CC/C=C\C1CCC(NC(=O)Cc2ccc(O)c(OC)c2)CC1. The summed E-state index contributed by atoms with van der Waals surface area (Å²) >= 11 is 0. The lowest BCUT2D eigenvalue weighted by molar-refractivity contribution is -0.121. The van der Waals surface area contributed by atoms with Crippen molar-refractivity contribution in [2.45, 2.75) is 51.5 Å². The number of nitrogens with one attached hydrogen (secondary N) is 1. The summed E-state index contributed by atoms with van der Waals surface area (Å²) in [4.78, 5) is 12.2. The Kier molecular flexibility index (Phi) is 6.51. The van der Waals surface area contributed by atoms with Crippen LogP contribution in [-0.2, 0) is 11.2 Å². The molecule has 23 heavy (non-hydrogen) atoms. The standard InChI is InChI=1S/C19H27NO3/c1-3-4-5-14-6-9-16(10-7-14)20-19(22)13-15-8-11-17(21)18(12-15)23-2/h4-5,8,11-12,14,16,21H,3,6-7,9-10,13H2,1-2H3,(H,20,22)/b5-4-. The second-order valence-corrected chi connectivity index (χ2v) is 6.20. The molecule has 0 heterocycles. The Balaban J connectivity index is 1.80. The van der Waals surface area contributed by atoms with Crippen LogP contribution in [0.2, 0.25) is 0 Å². The van der Waals surface area contributed by atoms with E-state index in [-0.39, 0.29) is 17.7 Å². The third-order valence-electron chi connectivity index (χ3n) is 4.39. The first-order valence-corrected chi connectivity index (χ1v) is 8.44. The third kappa shape index (κ3) is 5.31. The molecule has 1 aromatic rings. The van der Waals surface area contributed by atoms with E-state index in [9.17, 15) is 9.90 Å². The van der Waals surface area contributed by atoms with E-state index in [4.69, 9.17) is 4.74 Å². The van der Waals surface area contributed by atoms with Crippen LogP contribution < -0.4 is 10.1 Å². The molecule has 1 aliphatic carbocycles. The van der Waals surface area contributed by atoms with Gasteiger partial charge in [0.1, 0.15) is 0 Å². The van der Waals surface area contributed by atoms with Crippen molar-refractivity contribution in [2.75, 3.05) is 7.11 Å². The van der Waals surface area contributed by atoms with E-state index in [1.54, 1.807) is 18.2 Å². The summed E-state index contributed by atoms with van der Waals surface area (Å²) in [5.74, 6) is 1.20. The van der Waals surface area contributed by atoms with Crippen molar-refractivity contribution in [3.63, 3.8) is 0 Å². The van der Waals surface area contributed by atoms with E-state index in [0.717, 1.165) is 37.7 Å². The van der Waals surface area contributed by atoms with Crippen LogP contribution in [0.1, 0.15) is 44.6 Å². The van der Waals surface area contributed by atoms with E-state index in [2.05, 4.69) is 24.4 Å². The minimum atomic E-state index is 0.0327. The van der Waals surface area contributed by atoms with Gasteiger partial charge in [-0.25, -0.2) is 0 Å². The van der Waals surface area contributed by atoms with Gasteiger partial charge < -0.3 is 15.2 Å². The first kappa shape index (κ1) is 17.4. The minimum absolute atomic E-state index is 0.0327. The number of carbonyl (C=O) groups excluding carboxylic acids is 1. The van der Waals surface area contributed by atoms with Gasteiger partial charge in [-0.3, -0.25) is 4.79 Å². The number of rotatable bonds is 6. The van der Waals surface area contributed by atoms with Crippen molar-refractivity contribution in [3.05, 3.63) is 35.9 Å². The van der Waals surface area contributed by atoms with Crippen molar-refractivity contribution in [1.29, 1.82) is 0 Å². The summed E-state index contributed by atoms with van der Waals surface area (Å²) < 4.78 is 5.07. The zero-order chi connectivity index (χ0) is 16.7. The second kappa shape index (κ2) is 8.61. The molecule has 0 radical (unpaired) electrons. The Morgan fingerprint density at radius 1 is 1.35 bits per heavy atom. The molecule has 0 unspecified atom stereocenters. The summed E-state index contributed by atoms with van der Waals surface area (Å²) in [5, 5.41) is 12.7. The lowest BCUT2D eigenvalue weighted by Crippen LogP contribution is -2.38. The number of benzene rings is 1. The molecule has 1 aromatic carbocycles. The minimum Gasteiger partial charge on any atom is -0.504 e. The van der Waals surface area contributed by atoms with Crippen LogP contribution in [-0.4, -0.2) is 24.2 Å². The van der Waals surface area contributed by atoms with E-state index in [0.29, 0.717) is 18.1 Å². The molecule has 0 saturated heterocycles. The zero-order valence-corrected chi connectivity index (χ0v) is 14.0. The van der Waals surface area contributed by atoms with E-state index in [1.807, 2.05) is 0 Å². The highest BCUT2D eigenvalue weighted by Gasteiger charge is 2.21. The number of hydrogen-bond acceptors (Lipinski definition) is 3. The highest BCUT2D eigenvalue weighted by atomic mass is 16.5. The molecular weight excluding hydrogens is 290 g/mol. The summed E-state index contributed by atoms with van der Waals surface area (Å²) in [5.41, 5.74) is 0.844. The second-order valence-electron chi connectivity index (χ2n) is 6.20. The van der Waals surface area contributed by atoms with Gasteiger partial charge in [-0.15, -0.1) is 0 Å². The number of aromatic hydroxyl groups is 1. The average molecular weight is 317 g/mol. The van der Waals surface area contributed by atoms with Crippen molar-refractivity contribution in [1.82, 2.24) is 5.32 Å². The van der Waals surface area contributed by atoms with E-state index >= 15 is 0 Å². The molecule has 4 nitrogen and oxygen atoms in total. The molecule has 1 saturated carbocycles. The van der Waals surface area contributed by atoms with Crippen LogP contribution in [0.5, 0.6) is 11.5 Å². The van der Waals surface area contributed by atoms with Crippen LogP contribution in [0.15, 0.2) is 30.4 Å². The van der Waals surface area contributed by atoms with Gasteiger partial charge in [-0.1, -0.05) is 25.1 Å². The predicted molar refractivity (Wildman–Crippen MR) is 91.7 cm³/mol. The number of phenolic OH excluding ortho intramolecular Hbond substituents is 1. The molecular formula is C19H27NO3. The quantitative estimate of drug-likeness (QED) is 0.788. The van der Waals surface area contributed by atoms with E-state index < -0.39 is 0 Å². The molecule has 0 spiro atoms. The molecule has 4 heteroatoms. The topological polar surface area (TPSA) is 58.6 Å². The Bertz CT molecular complexity index is 546. The molecule has 1 fully saturated rings. The monoisotopic (exact) mass is 317 g/mol. The smallest absolute Gasteiger partial charge is 0.224 e. The van der Waals surface area contributed by atoms with Crippen LogP contribution >= 0.6 is 0 Å². The number of carbonyl (C=O) groups is 1. The maximum absolute atomic E-state index is 12.2. The van der Waals surface area contributed by atoms with Crippen molar-refractivity contribution >= 4 is 5.91 Å². The highest BCUT2D eigenvalue weighted by molar-refractivity contribution is 5.79. The van der Waals surface area contributed by atoms with E-state index in [1.165, 1.54) is 7.11 Å². The molecule has 0 aliphatic heterocycles. The van der Waals surface area contributed by atoms with Gasteiger partial charge in [0.2, 0.25) is 5.91 Å². The Morgan fingerprint density at radius 3 is 2.74 bits per heavy atom. The molecule has 126 valence electrons. The van der Waals surface area contributed by atoms with Gasteiger partial charge in [0.05, 0.1) is 13.5 Å². The first-order chi connectivity index (χ1) is 11.1. The number of ether oxygens (including phenoxy) is 1. The van der Waals surface area contributed by atoms with Crippen molar-refractivity contribution in [3.8, 4) is 11.5 Å². The largest absolute Gasteiger partial charge is 0.504 e. The molecule has 2 rings (SSSR count). The van der Waals surface area contributed by atoms with Crippen LogP contribution in [0.3, 0.4) is 0 Å². The van der Waals surface area contributed by atoms with Crippen LogP contribution in [0, 0.1) is 5.92 Å². The Labute approximate surface area is 138 Å². The number of methoxy groups -OCH3 is 1. The number of phenols is 1. The lowest BCUT2D eigenvalue weighted by atomic mass is 9.85. The maximum Gasteiger partial charge on any atom is 0.224 e. The number of amides is 1. The molecule has 1 aliphatic rings. The predicted octanol–water partition coefficient (Wildman–Crippen LogP) is 3.58. The van der Waals surface area contributed by atoms with Gasteiger partial charge in [0.15, 0.2) is 11.5 Å². The lowest BCUT2D eigenvalue weighted by Gasteiger charge is -2.27. The highest BCUT2D eigenvalue weighted by Crippen LogP contribution is 2.27. The van der Waals surface area contributed by atoms with Gasteiger partial charge in [0.25, 0.3) is 0 Å². The average Bonchev–Trinajstić information content (AvgIpc) is 2.56. The van der Waals surface area contributed by atoms with Gasteiger partial charge in [0, 0.05) is 6.04 Å². The molecule has 0 bridgehead atoms. The molecule has 0 aromatic heterocycles. The zero-order valence-electron chi connectivity index (χ0n) is 14.0. The summed E-state index contributed by atoms with van der Waals surface area (Å²) in [6, 6.07) is 5.31. The fraction of sp³-hybridized carbons (Fsp3) is 0.526. The molecule has 0 atom stereocenters. The Hall–Kier alpha value is -1.97. The van der Waals surface area contributed by atoms with Gasteiger partial charge in [-0.2, -0.15) is 0 Å². The third-order valence-corrected chi connectivity index (χ3v) is 4.39. The van der Waals surface area contributed by atoms with Crippen LogP contribution in [0.25, 0.3) is 0 Å². The normalized spacial score (nSPS) is 21.3. The fourth-order valence-electron chi connectivity index (χ4n) is 3.08. The molecule has 2 N–H and O–H groups in total. The fourth-order valence-corrected chi connectivity index (χ4v) is 3.08. The first-order valence-electron chi connectivity index (χ1n) is 8.44. The molecule has 1 amide bonds. The van der Waals surface area contributed by atoms with Crippen LogP contribution in [0.4, 0.5) is 0 Å². The summed E-state index contributed by atoms with van der Waals surface area (Å²) in [6.45, 7) is 2.15.